The molecular formula is C21H17N3O2. The first kappa shape index (κ1) is 16.0. The van der Waals surface area contributed by atoms with E-state index in [4.69, 9.17) is 5.10 Å². The van der Waals surface area contributed by atoms with Gasteiger partial charge in [0.1, 0.15) is 0 Å². The normalized spacial score (nSPS) is 13.5. The molecule has 3 aromatic rings. The molecule has 0 unspecified atom stereocenters. The minimum absolute atomic E-state index is 0.0970. The van der Waals surface area contributed by atoms with Crippen molar-refractivity contribution in [2.45, 2.75) is 6.42 Å². The SMILES string of the molecule is O=[N+]([O-])c1ccc(C2=NN(c3cccc(-c4ccccc4)c3)CC2)cc1. The number of hydrazone groups is 1. The van der Waals surface area contributed by atoms with E-state index < -0.39 is 0 Å². The van der Waals surface area contributed by atoms with E-state index >= 15 is 0 Å². The van der Waals surface area contributed by atoms with Crippen LogP contribution in [0.25, 0.3) is 11.1 Å². The van der Waals surface area contributed by atoms with Crippen LogP contribution in [-0.4, -0.2) is 17.2 Å². The van der Waals surface area contributed by atoms with Crippen molar-refractivity contribution in [3.05, 3.63) is 94.5 Å². The number of anilines is 1. The predicted octanol–water partition coefficient (Wildman–Crippen LogP) is 4.88. The lowest BCUT2D eigenvalue weighted by molar-refractivity contribution is -0.384. The van der Waals surface area contributed by atoms with E-state index in [1.54, 1.807) is 12.1 Å². The third-order valence-corrected chi connectivity index (χ3v) is 4.46. The van der Waals surface area contributed by atoms with Gasteiger partial charge in [0, 0.05) is 25.1 Å². The molecule has 1 aliphatic heterocycles. The van der Waals surface area contributed by atoms with Crippen LogP contribution in [0.1, 0.15) is 12.0 Å². The fourth-order valence-electron chi connectivity index (χ4n) is 3.10. The van der Waals surface area contributed by atoms with Gasteiger partial charge in [-0.2, -0.15) is 5.10 Å². The van der Waals surface area contributed by atoms with Crippen molar-refractivity contribution < 1.29 is 4.92 Å². The highest BCUT2D eigenvalue weighted by Gasteiger charge is 2.18. The standard InChI is InChI=1S/C21H17N3O2/c25-24(26)19-11-9-17(10-12-19)21-13-14-23(22-21)20-8-4-7-18(15-20)16-5-2-1-3-6-16/h1-12,15H,13-14H2. The van der Waals surface area contributed by atoms with Gasteiger partial charge in [-0.1, -0.05) is 42.5 Å². The molecule has 1 aliphatic rings. The van der Waals surface area contributed by atoms with Crippen LogP contribution in [0.15, 0.2) is 84.0 Å². The van der Waals surface area contributed by atoms with E-state index in [1.165, 1.54) is 17.7 Å². The van der Waals surface area contributed by atoms with E-state index in [1.807, 2.05) is 29.3 Å². The molecule has 0 bridgehead atoms. The van der Waals surface area contributed by atoms with Crippen LogP contribution in [0.2, 0.25) is 0 Å². The highest BCUT2D eigenvalue weighted by molar-refractivity contribution is 6.02. The van der Waals surface area contributed by atoms with E-state index in [2.05, 4.69) is 30.3 Å². The molecule has 0 spiro atoms. The van der Waals surface area contributed by atoms with Crippen LogP contribution in [0, 0.1) is 10.1 Å². The number of benzene rings is 3. The molecule has 0 saturated heterocycles. The summed E-state index contributed by atoms with van der Waals surface area (Å²) in [7, 11) is 0. The summed E-state index contributed by atoms with van der Waals surface area (Å²) in [5.74, 6) is 0. The molecule has 0 aromatic heterocycles. The molecule has 128 valence electrons. The molecule has 0 fully saturated rings. The first-order valence-electron chi connectivity index (χ1n) is 8.46. The van der Waals surface area contributed by atoms with Gasteiger partial charge in [-0.3, -0.25) is 15.1 Å². The van der Waals surface area contributed by atoms with Crippen molar-refractivity contribution in [3.8, 4) is 11.1 Å². The average molecular weight is 343 g/mol. The highest BCUT2D eigenvalue weighted by atomic mass is 16.6. The van der Waals surface area contributed by atoms with Gasteiger partial charge in [0.2, 0.25) is 0 Å². The van der Waals surface area contributed by atoms with E-state index in [0.29, 0.717) is 0 Å². The second kappa shape index (κ2) is 6.80. The maximum Gasteiger partial charge on any atom is 0.269 e. The summed E-state index contributed by atoms with van der Waals surface area (Å²) in [6.07, 6.45) is 0.813. The zero-order chi connectivity index (χ0) is 17.9. The molecule has 0 saturated carbocycles. The second-order valence-corrected chi connectivity index (χ2v) is 6.14. The number of nitro groups is 1. The van der Waals surface area contributed by atoms with Crippen LogP contribution >= 0.6 is 0 Å². The van der Waals surface area contributed by atoms with Gasteiger partial charge in [-0.25, -0.2) is 0 Å². The molecule has 4 rings (SSSR count). The summed E-state index contributed by atoms with van der Waals surface area (Å²) in [6, 6.07) is 25.2. The third-order valence-electron chi connectivity index (χ3n) is 4.46. The van der Waals surface area contributed by atoms with Crippen molar-refractivity contribution in [1.29, 1.82) is 0 Å². The zero-order valence-electron chi connectivity index (χ0n) is 14.1. The molecule has 1 heterocycles. The minimum Gasteiger partial charge on any atom is -0.265 e. The Kier molecular flexibility index (Phi) is 4.19. The number of hydrogen-bond donors (Lipinski definition) is 0. The number of nitro benzene ring substituents is 1. The monoisotopic (exact) mass is 343 g/mol. The fourth-order valence-corrected chi connectivity index (χ4v) is 3.10. The van der Waals surface area contributed by atoms with Crippen molar-refractivity contribution in [2.75, 3.05) is 11.6 Å². The summed E-state index contributed by atoms with van der Waals surface area (Å²) < 4.78 is 0. The van der Waals surface area contributed by atoms with Crippen molar-refractivity contribution in [2.24, 2.45) is 5.10 Å². The molecule has 3 aromatic carbocycles. The Bertz CT molecular complexity index is 966. The van der Waals surface area contributed by atoms with Gasteiger partial charge < -0.3 is 0 Å². The summed E-state index contributed by atoms with van der Waals surface area (Å²) in [6.45, 7) is 0.796. The Morgan fingerprint density at radius 1 is 0.846 bits per heavy atom. The Morgan fingerprint density at radius 3 is 2.31 bits per heavy atom. The second-order valence-electron chi connectivity index (χ2n) is 6.14. The molecule has 0 atom stereocenters. The van der Waals surface area contributed by atoms with Gasteiger partial charge in [0.25, 0.3) is 5.69 Å². The van der Waals surface area contributed by atoms with Crippen LogP contribution in [0.4, 0.5) is 11.4 Å². The first-order chi connectivity index (χ1) is 12.7. The smallest absolute Gasteiger partial charge is 0.265 e. The Morgan fingerprint density at radius 2 is 1.58 bits per heavy atom. The molecule has 0 N–H and O–H groups in total. The van der Waals surface area contributed by atoms with E-state index in [0.717, 1.165) is 35.5 Å². The predicted molar refractivity (Wildman–Crippen MR) is 103 cm³/mol. The van der Waals surface area contributed by atoms with Gasteiger partial charge in [0.15, 0.2) is 0 Å². The van der Waals surface area contributed by atoms with Gasteiger partial charge in [-0.05, 0) is 41.0 Å². The quantitative estimate of drug-likeness (QED) is 0.501. The summed E-state index contributed by atoms with van der Waals surface area (Å²) in [5, 5.41) is 17.5. The summed E-state index contributed by atoms with van der Waals surface area (Å²) >= 11 is 0. The molecule has 0 aliphatic carbocycles. The average Bonchev–Trinajstić information content (AvgIpc) is 3.19. The zero-order valence-corrected chi connectivity index (χ0v) is 14.1. The van der Waals surface area contributed by atoms with Crippen molar-refractivity contribution >= 4 is 17.1 Å². The largest absolute Gasteiger partial charge is 0.269 e. The minimum atomic E-state index is -0.387. The third kappa shape index (κ3) is 3.19. The summed E-state index contributed by atoms with van der Waals surface area (Å²) in [4.78, 5) is 10.4. The van der Waals surface area contributed by atoms with Crippen LogP contribution < -0.4 is 5.01 Å². The summed E-state index contributed by atoms with van der Waals surface area (Å²) in [5.41, 5.74) is 5.35. The molecule has 5 heteroatoms. The Labute approximate surface area is 151 Å². The lowest BCUT2D eigenvalue weighted by atomic mass is 10.1. The fraction of sp³-hybridized carbons (Fsp3) is 0.0952. The molecule has 26 heavy (non-hydrogen) atoms. The van der Waals surface area contributed by atoms with Gasteiger partial charge >= 0.3 is 0 Å². The van der Waals surface area contributed by atoms with Crippen LogP contribution in [0.5, 0.6) is 0 Å². The lowest BCUT2D eigenvalue weighted by Crippen LogP contribution is -2.11. The first-order valence-corrected chi connectivity index (χ1v) is 8.46. The number of hydrogen-bond acceptors (Lipinski definition) is 4. The van der Waals surface area contributed by atoms with E-state index in [-0.39, 0.29) is 10.6 Å². The Balaban J connectivity index is 1.59. The number of nitrogens with zero attached hydrogens (tertiary/aromatic N) is 3. The molecule has 5 nitrogen and oxygen atoms in total. The van der Waals surface area contributed by atoms with Gasteiger partial charge in [-0.15, -0.1) is 0 Å². The molecular weight excluding hydrogens is 326 g/mol. The maximum atomic E-state index is 10.8. The number of rotatable bonds is 4. The Hall–Kier alpha value is -3.47. The van der Waals surface area contributed by atoms with Crippen LogP contribution in [-0.2, 0) is 0 Å². The number of non-ortho nitro benzene ring substituents is 1. The van der Waals surface area contributed by atoms with E-state index in [9.17, 15) is 10.1 Å². The topological polar surface area (TPSA) is 58.7 Å². The highest BCUT2D eigenvalue weighted by Crippen LogP contribution is 2.27. The maximum absolute atomic E-state index is 10.8. The van der Waals surface area contributed by atoms with Crippen LogP contribution in [0.3, 0.4) is 0 Å². The van der Waals surface area contributed by atoms with Gasteiger partial charge in [0.05, 0.1) is 16.3 Å². The van der Waals surface area contributed by atoms with Crippen molar-refractivity contribution in [3.63, 3.8) is 0 Å². The molecule has 0 radical (unpaired) electrons. The van der Waals surface area contributed by atoms with Crippen molar-refractivity contribution in [1.82, 2.24) is 0 Å². The molecule has 0 amide bonds. The lowest BCUT2D eigenvalue weighted by Gasteiger charge is -2.14.